The van der Waals surface area contributed by atoms with E-state index in [4.69, 9.17) is 4.74 Å². The van der Waals surface area contributed by atoms with E-state index >= 15 is 0 Å². The van der Waals surface area contributed by atoms with Crippen molar-refractivity contribution in [3.63, 3.8) is 0 Å². The van der Waals surface area contributed by atoms with Crippen molar-refractivity contribution in [2.75, 3.05) is 9.80 Å². The SMILES string of the molecule is c1ccc(-c2cccc(N(c3ccc4c(c3)Oc3cccc5c(N(c6cccc(-c7ccccc7)c6)c6cccc7c6sc6ccccc67)ccc-4c35)c3cccc4c3sc3ccccc34)c2)cc1. The highest BCUT2D eigenvalue weighted by molar-refractivity contribution is 7.26. The molecule has 3 nitrogen and oxygen atoms in total. The minimum atomic E-state index is 0.829. The van der Waals surface area contributed by atoms with Crippen LogP contribution in [0.15, 0.2) is 243 Å². The van der Waals surface area contributed by atoms with Crippen LogP contribution in [0.5, 0.6) is 11.5 Å². The summed E-state index contributed by atoms with van der Waals surface area (Å²) in [6.45, 7) is 0. The molecule has 13 aromatic rings. The second-order valence-corrected chi connectivity index (χ2v) is 19.7. The van der Waals surface area contributed by atoms with Crippen LogP contribution in [0.3, 0.4) is 0 Å². The van der Waals surface area contributed by atoms with Gasteiger partial charge < -0.3 is 14.5 Å². The third kappa shape index (κ3) is 6.54. The van der Waals surface area contributed by atoms with Gasteiger partial charge in [0.05, 0.1) is 26.5 Å². The van der Waals surface area contributed by atoms with E-state index in [2.05, 4.69) is 252 Å². The van der Waals surface area contributed by atoms with Gasteiger partial charge in [-0.1, -0.05) is 164 Å². The Labute approximate surface area is 407 Å². The molecular weight excluding hydrogens is 877 g/mol. The minimum Gasteiger partial charge on any atom is -0.456 e. The van der Waals surface area contributed by atoms with E-state index in [0.29, 0.717) is 0 Å². The Morgan fingerprint density at radius 3 is 1.41 bits per heavy atom. The van der Waals surface area contributed by atoms with Gasteiger partial charge >= 0.3 is 0 Å². The smallest absolute Gasteiger partial charge is 0.137 e. The number of benzene rings is 11. The number of anilines is 6. The predicted molar refractivity (Wildman–Crippen MR) is 295 cm³/mol. The Hall–Kier alpha value is -8.48. The van der Waals surface area contributed by atoms with Crippen LogP contribution in [0.25, 0.3) is 84.5 Å². The summed E-state index contributed by atoms with van der Waals surface area (Å²) in [4.78, 5) is 4.87. The molecule has 0 aliphatic carbocycles. The van der Waals surface area contributed by atoms with Crippen molar-refractivity contribution in [1.29, 1.82) is 0 Å². The van der Waals surface area contributed by atoms with Gasteiger partial charge in [0.2, 0.25) is 0 Å². The van der Waals surface area contributed by atoms with Crippen molar-refractivity contribution in [3.05, 3.63) is 243 Å². The fourth-order valence-electron chi connectivity index (χ4n) is 10.5. The van der Waals surface area contributed by atoms with Crippen molar-refractivity contribution < 1.29 is 4.74 Å². The van der Waals surface area contributed by atoms with Gasteiger partial charge in [0, 0.05) is 70.4 Å². The van der Waals surface area contributed by atoms with Crippen LogP contribution in [0.4, 0.5) is 34.1 Å². The molecule has 3 heterocycles. The van der Waals surface area contributed by atoms with Crippen LogP contribution in [-0.2, 0) is 0 Å². The molecule has 0 saturated heterocycles. The molecule has 1 aliphatic rings. The largest absolute Gasteiger partial charge is 0.456 e. The summed E-state index contributed by atoms with van der Waals surface area (Å²) >= 11 is 3.70. The van der Waals surface area contributed by atoms with Gasteiger partial charge in [0.1, 0.15) is 11.5 Å². The number of nitrogens with zero attached hydrogens (tertiary/aromatic N) is 2. The van der Waals surface area contributed by atoms with Gasteiger partial charge in [-0.2, -0.15) is 0 Å². The Morgan fingerprint density at radius 2 is 0.768 bits per heavy atom. The van der Waals surface area contributed by atoms with Crippen molar-refractivity contribution in [3.8, 4) is 44.9 Å². The third-order valence-electron chi connectivity index (χ3n) is 13.6. The average molecular weight is 917 g/mol. The van der Waals surface area contributed by atoms with Gasteiger partial charge in [0.15, 0.2) is 0 Å². The first-order valence-electron chi connectivity index (χ1n) is 23.3. The number of hydrogen-bond donors (Lipinski definition) is 0. The molecule has 1 aliphatic heterocycles. The second-order valence-electron chi connectivity index (χ2n) is 17.6. The zero-order valence-electron chi connectivity index (χ0n) is 37.2. The van der Waals surface area contributed by atoms with Crippen molar-refractivity contribution in [1.82, 2.24) is 0 Å². The summed E-state index contributed by atoms with van der Waals surface area (Å²) in [7, 11) is 0. The summed E-state index contributed by atoms with van der Waals surface area (Å²) in [6, 6.07) is 88.0. The van der Waals surface area contributed by atoms with E-state index < -0.39 is 0 Å². The Kier molecular flexibility index (Phi) is 9.26. The lowest BCUT2D eigenvalue weighted by molar-refractivity contribution is 0.487. The van der Waals surface area contributed by atoms with Crippen LogP contribution >= 0.6 is 22.7 Å². The van der Waals surface area contributed by atoms with Gasteiger partial charge in [-0.05, 0) is 101 Å². The summed E-state index contributed by atoms with van der Waals surface area (Å²) < 4.78 is 12.2. The topological polar surface area (TPSA) is 15.7 Å². The fraction of sp³-hybridized carbons (Fsp3) is 0. The highest BCUT2D eigenvalue weighted by Gasteiger charge is 2.28. The molecule has 0 fully saturated rings. The zero-order valence-corrected chi connectivity index (χ0v) is 38.8. The van der Waals surface area contributed by atoms with E-state index in [-0.39, 0.29) is 0 Å². The van der Waals surface area contributed by atoms with Gasteiger partial charge in [-0.3, -0.25) is 0 Å². The van der Waals surface area contributed by atoms with Crippen LogP contribution in [0.2, 0.25) is 0 Å². The first-order chi connectivity index (χ1) is 34.2. The molecule has 5 heteroatoms. The van der Waals surface area contributed by atoms with Gasteiger partial charge in [-0.15, -0.1) is 22.7 Å². The van der Waals surface area contributed by atoms with E-state index in [0.717, 1.165) is 73.1 Å². The minimum absolute atomic E-state index is 0.829. The maximum atomic E-state index is 7.13. The van der Waals surface area contributed by atoms with Gasteiger partial charge in [0.25, 0.3) is 0 Å². The maximum Gasteiger partial charge on any atom is 0.137 e. The molecule has 0 N–H and O–H groups in total. The zero-order chi connectivity index (χ0) is 45.4. The Morgan fingerprint density at radius 1 is 0.290 bits per heavy atom. The Bertz CT molecular complexity index is 4140. The van der Waals surface area contributed by atoms with Crippen LogP contribution in [0.1, 0.15) is 0 Å². The molecule has 324 valence electrons. The average Bonchev–Trinajstić information content (AvgIpc) is 4.00. The molecular formula is C64H40N2OS2. The highest BCUT2D eigenvalue weighted by atomic mass is 32.1. The first kappa shape index (κ1) is 39.7. The first-order valence-corrected chi connectivity index (χ1v) is 24.9. The van der Waals surface area contributed by atoms with E-state index in [1.54, 1.807) is 0 Å². The molecule has 0 amide bonds. The fourth-order valence-corrected chi connectivity index (χ4v) is 12.9. The molecule has 11 aromatic carbocycles. The molecule has 69 heavy (non-hydrogen) atoms. The molecule has 0 bridgehead atoms. The summed E-state index contributed by atoms with van der Waals surface area (Å²) in [5.41, 5.74) is 13.5. The van der Waals surface area contributed by atoms with E-state index in [1.807, 2.05) is 22.7 Å². The van der Waals surface area contributed by atoms with Gasteiger partial charge in [-0.25, -0.2) is 0 Å². The monoisotopic (exact) mass is 916 g/mol. The molecule has 0 spiro atoms. The lowest BCUT2D eigenvalue weighted by Gasteiger charge is -2.31. The molecule has 0 unspecified atom stereocenters. The standard InChI is InChI=1S/C64H40N2OS2/c1-3-16-41(17-4-1)43-20-11-22-45(38-43)65(56-29-13-26-52-49-24-7-9-32-60(49)68-63(52)56)47-34-35-48-51-36-37-55(54-28-15-31-58(62(51)54)67-59(48)40-47)66(46-23-12-21-44(39-46)42-18-5-2-6-19-42)57-30-14-27-53-50-25-8-10-33-61(50)69-64(53)57/h1-40H. The van der Waals surface area contributed by atoms with Crippen LogP contribution in [0, 0.1) is 0 Å². The van der Waals surface area contributed by atoms with Crippen molar-refractivity contribution in [2.45, 2.75) is 0 Å². The molecule has 0 saturated carbocycles. The van der Waals surface area contributed by atoms with Crippen LogP contribution in [-0.4, -0.2) is 0 Å². The Balaban J connectivity index is 0.944. The lowest BCUT2D eigenvalue weighted by atomic mass is 9.92. The molecule has 0 atom stereocenters. The third-order valence-corrected chi connectivity index (χ3v) is 16.0. The number of ether oxygens (including phenoxy) is 1. The summed E-state index contributed by atoms with van der Waals surface area (Å²) in [6.07, 6.45) is 0. The molecule has 14 rings (SSSR count). The van der Waals surface area contributed by atoms with E-state index in [9.17, 15) is 0 Å². The maximum absolute atomic E-state index is 7.13. The number of rotatable bonds is 8. The summed E-state index contributed by atoms with van der Waals surface area (Å²) in [5, 5.41) is 7.30. The number of thiophene rings is 2. The van der Waals surface area contributed by atoms with Crippen molar-refractivity contribution >= 4 is 108 Å². The summed E-state index contributed by atoms with van der Waals surface area (Å²) in [5.74, 6) is 1.67. The second kappa shape index (κ2) is 16.1. The normalized spacial score (nSPS) is 11.9. The highest BCUT2D eigenvalue weighted by Crippen LogP contribution is 2.54. The van der Waals surface area contributed by atoms with E-state index in [1.165, 1.54) is 57.0 Å². The van der Waals surface area contributed by atoms with Crippen molar-refractivity contribution in [2.24, 2.45) is 0 Å². The lowest BCUT2D eigenvalue weighted by Crippen LogP contribution is -2.12. The van der Waals surface area contributed by atoms with Crippen LogP contribution < -0.4 is 14.5 Å². The number of fused-ring (bicyclic) bond motifs is 8. The molecule has 2 aromatic heterocycles. The number of hydrogen-bond acceptors (Lipinski definition) is 5. The predicted octanol–water partition coefficient (Wildman–Crippen LogP) is 19.6. The molecule has 0 radical (unpaired) electrons. The quantitative estimate of drug-likeness (QED) is 0.151.